The van der Waals surface area contributed by atoms with E-state index in [0.717, 1.165) is 67.4 Å². The molecule has 7 rings (SSSR count). The van der Waals surface area contributed by atoms with Crippen molar-refractivity contribution < 1.29 is 14.7 Å². The van der Waals surface area contributed by atoms with Gasteiger partial charge >= 0.3 is 0 Å². The van der Waals surface area contributed by atoms with E-state index in [2.05, 4.69) is 51.5 Å². The van der Waals surface area contributed by atoms with Crippen molar-refractivity contribution in [2.45, 2.75) is 32.8 Å². The first kappa shape index (κ1) is 28.5. The van der Waals surface area contributed by atoms with Crippen molar-refractivity contribution in [1.29, 1.82) is 0 Å². The van der Waals surface area contributed by atoms with E-state index in [9.17, 15) is 14.7 Å². The molecule has 4 N–H and O–H groups in total. The van der Waals surface area contributed by atoms with E-state index in [4.69, 9.17) is 11.6 Å². The molecule has 44 heavy (non-hydrogen) atoms. The van der Waals surface area contributed by atoms with Crippen LogP contribution in [0.5, 0.6) is 0 Å². The summed E-state index contributed by atoms with van der Waals surface area (Å²) in [6.45, 7) is 8.28. The van der Waals surface area contributed by atoms with Gasteiger partial charge in [-0.05, 0) is 91.9 Å². The van der Waals surface area contributed by atoms with Gasteiger partial charge in [0.15, 0.2) is 0 Å². The molecule has 0 fully saturated rings. The molecule has 1 aliphatic heterocycles. The van der Waals surface area contributed by atoms with E-state index in [1.165, 1.54) is 0 Å². The number of fused-ring (bicyclic) bond motifs is 5. The number of aliphatic hydroxyl groups is 1. The first-order chi connectivity index (χ1) is 21.3. The van der Waals surface area contributed by atoms with E-state index >= 15 is 0 Å². The van der Waals surface area contributed by atoms with Gasteiger partial charge in [0.05, 0.1) is 12.2 Å². The van der Waals surface area contributed by atoms with Crippen molar-refractivity contribution >= 4 is 83.7 Å². The fraction of sp³-hybridized carbons (Fsp3) is 0.235. The van der Waals surface area contributed by atoms with Gasteiger partial charge in [0, 0.05) is 67.8 Å². The molecule has 1 atom stereocenters. The fourth-order valence-corrected chi connectivity index (χ4v) is 7.78. The minimum absolute atomic E-state index is 0.170. The summed E-state index contributed by atoms with van der Waals surface area (Å²) in [5.41, 5.74) is 7.82. The zero-order valence-electron chi connectivity index (χ0n) is 24.6. The van der Waals surface area contributed by atoms with Gasteiger partial charge in [0.1, 0.15) is 17.5 Å². The molecule has 3 aromatic carbocycles. The zero-order valence-corrected chi connectivity index (χ0v) is 26.2. The van der Waals surface area contributed by atoms with Gasteiger partial charge in [-0.2, -0.15) is 0 Å². The van der Waals surface area contributed by atoms with E-state index in [-0.39, 0.29) is 18.4 Å². The maximum absolute atomic E-state index is 13.8. The average molecular weight is 626 g/mol. The molecule has 0 bridgehead atoms. The van der Waals surface area contributed by atoms with Gasteiger partial charge in [-0.25, -0.2) is 0 Å². The van der Waals surface area contributed by atoms with Gasteiger partial charge < -0.3 is 30.2 Å². The first-order valence-electron chi connectivity index (χ1n) is 14.7. The maximum Gasteiger partial charge on any atom is 0.274 e. The van der Waals surface area contributed by atoms with Crippen molar-refractivity contribution in [2.75, 3.05) is 34.8 Å². The number of alkyl halides is 1. The van der Waals surface area contributed by atoms with Crippen LogP contribution < -0.4 is 15.1 Å². The number of carbonyl (C=O) groups is 2. The molecule has 8 nitrogen and oxygen atoms in total. The van der Waals surface area contributed by atoms with Crippen LogP contribution in [0.25, 0.3) is 31.9 Å². The number of hydrogen-bond donors (Lipinski definition) is 4. The highest BCUT2D eigenvalue weighted by molar-refractivity contribution is 7.17. The third-order valence-electron chi connectivity index (χ3n) is 8.58. The molecule has 6 aromatic rings. The second-order valence-electron chi connectivity index (χ2n) is 11.2. The molecule has 224 valence electrons. The number of carbonyl (C=O) groups excluding carboxylic acids is 2. The van der Waals surface area contributed by atoms with Crippen molar-refractivity contribution in [3.05, 3.63) is 88.1 Å². The summed E-state index contributed by atoms with van der Waals surface area (Å²) >= 11 is 7.88. The molecule has 3 aromatic heterocycles. The Balaban J connectivity index is 1.14. The first-order valence-corrected chi connectivity index (χ1v) is 16.1. The molecular weight excluding hydrogens is 594 g/mol. The number of hydrogen-bond acceptors (Lipinski definition) is 5. The Hall–Kier alpha value is -4.31. The smallest absolute Gasteiger partial charge is 0.274 e. The Morgan fingerprint density at radius 1 is 1.02 bits per heavy atom. The summed E-state index contributed by atoms with van der Waals surface area (Å²) < 4.78 is 0.981. The Bertz CT molecular complexity index is 2090. The summed E-state index contributed by atoms with van der Waals surface area (Å²) in [4.78, 5) is 37.3. The summed E-state index contributed by atoms with van der Waals surface area (Å²) in [6.07, 6.45) is -0.779. The number of aryl methyl sites for hydroxylation is 1. The summed E-state index contributed by atoms with van der Waals surface area (Å²) in [5, 5.41) is 18.9. The maximum atomic E-state index is 13.8. The van der Waals surface area contributed by atoms with Crippen molar-refractivity contribution in [3.63, 3.8) is 0 Å². The number of benzene rings is 3. The standard InChI is InChI=1S/C34H32ClN5O3S/c1-4-39(5-2)23-7-9-25-20(11-23)12-26(37-25)33(42)36-22-6-8-24-19(10-22)13-27(38-24)34(43)40-16-29(41)31-28(40)14-21(15-35)30-18(3)17-44-32(30)31/h6-14,17,29,37-38,41H,4-5,15-16H2,1-3H3,(H,36,42). The minimum Gasteiger partial charge on any atom is -0.386 e. The predicted octanol–water partition coefficient (Wildman–Crippen LogP) is 7.70. The highest BCUT2D eigenvalue weighted by Gasteiger charge is 2.35. The number of nitrogens with zero attached hydrogens (tertiary/aromatic N) is 2. The van der Waals surface area contributed by atoms with Gasteiger partial charge in [-0.15, -0.1) is 22.9 Å². The van der Waals surface area contributed by atoms with Gasteiger partial charge in [0.2, 0.25) is 0 Å². The van der Waals surface area contributed by atoms with Crippen LogP contribution in [0.4, 0.5) is 17.1 Å². The van der Waals surface area contributed by atoms with Gasteiger partial charge in [-0.3, -0.25) is 9.59 Å². The number of thiophene rings is 1. The van der Waals surface area contributed by atoms with E-state index in [1.807, 2.05) is 43.3 Å². The summed E-state index contributed by atoms with van der Waals surface area (Å²) in [6, 6.07) is 17.2. The molecule has 10 heteroatoms. The highest BCUT2D eigenvalue weighted by atomic mass is 35.5. The van der Waals surface area contributed by atoms with Crippen LogP contribution in [0.3, 0.4) is 0 Å². The third-order valence-corrected chi connectivity index (χ3v) is 10.0. The number of aliphatic hydroxyl groups excluding tert-OH is 1. The van der Waals surface area contributed by atoms with Crippen LogP contribution in [0, 0.1) is 6.92 Å². The van der Waals surface area contributed by atoms with E-state index < -0.39 is 6.10 Å². The van der Waals surface area contributed by atoms with E-state index in [1.54, 1.807) is 22.3 Å². The topological polar surface area (TPSA) is 104 Å². The lowest BCUT2D eigenvalue weighted by Crippen LogP contribution is -2.30. The minimum atomic E-state index is -0.779. The third kappa shape index (κ3) is 4.63. The summed E-state index contributed by atoms with van der Waals surface area (Å²) in [5.74, 6) is -0.166. The van der Waals surface area contributed by atoms with Crippen LogP contribution in [0.2, 0.25) is 0 Å². The molecule has 0 spiro atoms. The van der Waals surface area contributed by atoms with E-state index in [0.29, 0.717) is 28.6 Å². The van der Waals surface area contributed by atoms with Gasteiger partial charge in [-0.1, -0.05) is 0 Å². The molecular formula is C34H32ClN5O3S. The molecule has 0 saturated heterocycles. The Labute approximate surface area is 263 Å². The molecule has 0 saturated carbocycles. The molecule has 4 heterocycles. The second-order valence-corrected chi connectivity index (χ2v) is 12.4. The highest BCUT2D eigenvalue weighted by Crippen LogP contribution is 2.45. The van der Waals surface area contributed by atoms with Gasteiger partial charge in [0.25, 0.3) is 11.8 Å². The monoisotopic (exact) mass is 625 g/mol. The number of aromatic amines is 2. The molecule has 2 amide bonds. The van der Waals surface area contributed by atoms with Crippen molar-refractivity contribution in [3.8, 4) is 0 Å². The molecule has 0 radical (unpaired) electrons. The lowest BCUT2D eigenvalue weighted by atomic mass is 10.0. The molecule has 1 unspecified atom stereocenters. The Kier molecular flexibility index (Phi) is 7.11. The van der Waals surface area contributed by atoms with Crippen LogP contribution in [0.1, 0.15) is 57.6 Å². The number of nitrogens with one attached hydrogen (secondary N) is 3. The molecule has 0 aliphatic carbocycles. The number of aromatic nitrogens is 2. The number of β-amino-alcohol motifs (C(OH)–C–C–N with tert-alkyl or cyclic N) is 1. The van der Waals surface area contributed by atoms with Crippen molar-refractivity contribution in [2.24, 2.45) is 0 Å². The number of rotatable bonds is 7. The van der Waals surface area contributed by atoms with Crippen LogP contribution >= 0.6 is 22.9 Å². The lowest BCUT2D eigenvalue weighted by molar-refractivity contribution is 0.0969. The Morgan fingerprint density at radius 3 is 2.48 bits per heavy atom. The quantitative estimate of drug-likeness (QED) is 0.136. The number of amides is 2. The normalized spacial score (nSPS) is 14.6. The second kappa shape index (κ2) is 11.0. The predicted molar refractivity (Wildman–Crippen MR) is 181 cm³/mol. The SMILES string of the molecule is CCN(CC)c1ccc2[nH]c(C(=O)Nc3ccc4[nH]c(C(=O)N5CC(O)c6c5cc(CCl)c5c(C)csc65)cc4c3)cc2c1. The lowest BCUT2D eigenvalue weighted by Gasteiger charge is -2.20. The molecule has 1 aliphatic rings. The zero-order chi connectivity index (χ0) is 30.7. The fourth-order valence-electron chi connectivity index (χ4n) is 6.38. The van der Waals surface area contributed by atoms with Crippen LogP contribution in [-0.2, 0) is 5.88 Å². The Morgan fingerprint density at radius 2 is 1.73 bits per heavy atom. The largest absolute Gasteiger partial charge is 0.386 e. The average Bonchev–Trinajstić information content (AvgIpc) is 3.81. The summed E-state index contributed by atoms with van der Waals surface area (Å²) in [7, 11) is 0. The number of halogens is 1. The van der Waals surface area contributed by atoms with Crippen LogP contribution in [-0.4, -0.2) is 46.5 Å². The van der Waals surface area contributed by atoms with Crippen LogP contribution in [0.15, 0.2) is 60.0 Å². The number of anilines is 3. The number of H-pyrrole nitrogens is 2. The van der Waals surface area contributed by atoms with Crippen molar-refractivity contribution in [1.82, 2.24) is 9.97 Å².